The molecule has 1 aliphatic heterocycles. The van der Waals surface area contributed by atoms with Gasteiger partial charge in [-0.3, -0.25) is 9.59 Å². The summed E-state index contributed by atoms with van der Waals surface area (Å²) in [6.07, 6.45) is 1.98. The predicted molar refractivity (Wildman–Crippen MR) is 76.5 cm³/mol. The number of halogens is 2. The standard InChI is InChI=1S/C14H14Cl2N2O2/c15-10-3-4-11(16)9(5-10)7-18-12(19)6-17-14(20)13(18)8-1-2-8/h3-5,8,13H,1-2,6-7H2,(H,17,20). The zero-order valence-corrected chi connectivity index (χ0v) is 12.2. The topological polar surface area (TPSA) is 49.4 Å². The average Bonchev–Trinajstić information content (AvgIpc) is 3.22. The lowest BCUT2D eigenvalue weighted by Crippen LogP contribution is -2.58. The van der Waals surface area contributed by atoms with E-state index in [0.717, 1.165) is 18.4 Å². The van der Waals surface area contributed by atoms with Crippen LogP contribution in [0.3, 0.4) is 0 Å². The summed E-state index contributed by atoms with van der Waals surface area (Å²) in [5.41, 5.74) is 0.771. The van der Waals surface area contributed by atoms with Gasteiger partial charge in [0.25, 0.3) is 0 Å². The van der Waals surface area contributed by atoms with E-state index in [1.54, 1.807) is 23.1 Å². The summed E-state index contributed by atoms with van der Waals surface area (Å²) in [6.45, 7) is 0.382. The van der Waals surface area contributed by atoms with Gasteiger partial charge in [0.05, 0.1) is 6.54 Å². The second-order valence-corrected chi connectivity index (χ2v) is 6.10. The number of benzene rings is 1. The first-order valence-corrected chi connectivity index (χ1v) is 7.33. The van der Waals surface area contributed by atoms with Crippen molar-refractivity contribution in [1.29, 1.82) is 0 Å². The molecular formula is C14H14Cl2N2O2. The Hall–Kier alpha value is -1.26. The van der Waals surface area contributed by atoms with Crippen LogP contribution < -0.4 is 5.32 Å². The Morgan fingerprint density at radius 2 is 2.00 bits per heavy atom. The number of nitrogens with one attached hydrogen (secondary N) is 1. The van der Waals surface area contributed by atoms with Gasteiger partial charge >= 0.3 is 0 Å². The highest BCUT2D eigenvalue weighted by molar-refractivity contribution is 6.33. The lowest BCUT2D eigenvalue weighted by atomic mass is 10.1. The molecule has 1 aromatic rings. The maximum Gasteiger partial charge on any atom is 0.243 e. The molecule has 1 aromatic carbocycles. The van der Waals surface area contributed by atoms with E-state index >= 15 is 0 Å². The fraction of sp³-hybridized carbons (Fsp3) is 0.429. The Morgan fingerprint density at radius 1 is 1.25 bits per heavy atom. The van der Waals surface area contributed by atoms with Gasteiger partial charge in [-0.05, 0) is 42.5 Å². The van der Waals surface area contributed by atoms with Gasteiger partial charge in [-0.25, -0.2) is 0 Å². The molecule has 106 valence electrons. The molecule has 4 nitrogen and oxygen atoms in total. The summed E-state index contributed by atoms with van der Waals surface area (Å²) in [7, 11) is 0. The van der Waals surface area contributed by atoms with E-state index in [1.165, 1.54) is 0 Å². The third kappa shape index (κ3) is 2.63. The second-order valence-electron chi connectivity index (χ2n) is 5.26. The van der Waals surface area contributed by atoms with E-state index in [2.05, 4.69) is 5.32 Å². The van der Waals surface area contributed by atoms with Gasteiger partial charge in [0.15, 0.2) is 0 Å². The zero-order valence-electron chi connectivity index (χ0n) is 10.7. The Kier molecular flexibility index (Phi) is 3.61. The molecule has 1 saturated heterocycles. The van der Waals surface area contributed by atoms with Crippen LogP contribution in [0.4, 0.5) is 0 Å². The van der Waals surface area contributed by atoms with Crippen LogP contribution in [0.2, 0.25) is 10.0 Å². The number of piperazine rings is 1. The van der Waals surface area contributed by atoms with Gasteiger partial charge < -0.3 is 10.2 Å². The Balaban J connectivity index is 1.87. The van der Waals surface area contributed by atoms with Crippen LogP contribution in [0.15, 0.2) is 18.2 Å². The largest absolute Gasteiger partial charge is 0.345 e. The first-order chi connectivity index (χ1) is 9.56. The van der Waals surface area contributed by atoms with Crippen LogP contribution in [0.1, 0.15) is 18.4 Å². The van der Waals surface area contributed by atoms with E-state index < -0.39 is 0 Å². The molecule has 1 unspecified atom stereocenters. The van der Waals surface area contributed by atoms with Crippen LogP contribution >= 0.6 is 23.2 Å². The molecule has 1 atom stereocenters. The number of hydrogen-bond acceptors (Lipinski definition) is 2. The first-order valence-electron chi connectivity index (χ1n) is 6.57. The summed E-state index contributed by atoms with van der Waals surface area (Å²) < 4.78 is 0. The van der Waals surface area contributed by atoms with Crippen molar-refractivity contribution in [2.75, 3.05) is 6.54 Å². The number of carbonyl (C=O) groups is 2. The third-order valence-electron chi connectivity index (χ3n) is 3.76. The minimum atomic E-state index is -0.369. The Bertz CT molecular complexity index is 572. The summed E-state index contributed by atoms with van der Waals surface area (Å²) in [4.78, 5) is 25.8. The van der Waals surface area contributed by atoms with Crippen molar-refractivity contribution in [3.63, 3.8) is 0 Å². The molecule has 0 aromatic heterocycles. The van der Waals surface area contributed by atoms with Gasteiger partial charge in [-0.1, -0.05) is 23.2 Å². The maximum atomic E-state index is 12.1. The zero-order chi connectivity index (χ0) is 14.3. The Labute approximate surface area is 127 Å². The summed E-state index contributed by atoms with van der Waals surface area (Å²) in [5, 5.41) is 3.78. The molecule has 0 bridgehead atoms. The monoisotopic (exact) mass is 312 g/mol. The summed E-state index contributed by atoms with van der Waals surface area (Å²) >= 11 is 12.1. The predicted octanol–water partition coefficient (Wildman–Crippen LogP) is 2.23. The quantitative estimate of drug-likeness (QED) is 0.930. The van der Waals surface area contributed by atoms with Crippen molar-refractivity contribution in [3.05, 3.63) is 33.8 Å². The van der Waals surface area contributed by atoms with Crippen molar-refractivity contribution in [2.24, 2.45) is 5.92 Å². The number of rotatable bonds is 3. The van der Waals surface area contributed by atoms with Gasteiger partial charge in [0.2, 0.25) is 11.8 Å². The van der Waals surface area contributed by atoms with Crippen molar-refractivity contribution in [2.45, 2.75) is 25.4 Å². The molecule has 2 fully saturated rings. The minimum absolute atomic E-state index is 0.0558. The smallest absolute Gasteiger partial charge is 0.243 e. The van der Waals surface area contributed by atoms with Crippen molar-refractivity contribution in [1.82, 2.24) is 10.2 Å². The number of hydrogen-bond donors (Lipinski definition) is 1. The van der Waals surface area contributed by atoms with Crippen molar-refractivity contribution in [3.8, 4) is 0 Å². The molecule has 20 heavy (non-hydrogen) atoms. The normalized spacial score (nSPS) is 22.9. The van der Waals surface area contributed by atoms with E-state index in [-0.39, 0.29) is 30.3 Å². The van der Waals surface area contributed by atoms with Gasteiger partial charge in [-0.15, -0.1) is 0 Å². The van der Waals surface area contributed by atoms with E-state index in [4.69, 9.17) is 23.2 Å². The molecule has 2 aliphatic rings. The van der Waals surface area contributed by atoms with Crippen LogP contribution in [0, 0.1) is 5.92 Å². The Morgan fingerprint density at radius 3 is 2.70 bits per heavy atom. The highest BCUT2D eigenvalue weighted by Gasteiger charge is 2.44. The fourth-order valence-corrected chi connectivity index (χ4v) is 2.95. The second kappa shape index (κ2) is 5.26. The lowest BCUT2D eigenvalue weighted by Gasteiger charge is -2.35. The van der Waals surface area contributed by atoms with E-state index in [9.17, 15) is 9.59 Å². The van der Waals surface area contributed by atoms with Crippen LogP contribution in [-0.4, -0.2) is 29.3 Å². The maximum absolute atomic E-state index is 12.1. The average molecular weight is 313 g/mol. The summed E-state index contributed by atoms with van der Waals surface area (Å²) in [5.74, 6) is 0.139. The van der Waals surface area contributed by atoms with Crippen LogP contribution in [-0.2, 0) is 16.1 Å². The summed E-state index contributed by atoms with van der Waals surface area (Å²) in [6, 6.07) is 4.79. The minimum Gasteiger partial charge on any atom is -0.345 e. The lowest BCUT2D eigenvalue weighted by molar-refractivity contribution is -0.147. The molecule has 3 rings (SSSR count). The number of carbonyl (C=O) groups excluding carboxylic acids is 2. The van der Waals surface area contributed by atoms with E-state index in [0.29, 0.717) is 16.6 Å². The molecule has 1 aliphatic carbocycles. The highest BCUT2D eigenvalue weighted by Crippen LogP contribution is 2.37. The SMILES string of the molecule is O=C1NCC(=O)N(Cc2cc(Cl)ccc2Cl)C1C1CC1. The molecule has 0 radical (unpaired) electrons. The molecule has 1 saturated carbocycles. The first kappa shape index (κ1) is 13.7. The van der Waals surface area contributed by atoms with Crippen LogP contribution in [0.5, 0.6) is 0 Å². The van der Waals surface area contributed by atoms with Crippen molar-refractivity contribution < 1.29 is 9.59 Å². The van der Waals surface area contributed by atoms with E-state index in [1.807, 2.05) is 0 Å². The van der Waals surface area contributed by atoms with Gasteiger partial charge in [0, 0.05) is 16.6 Å². The van der Waals surface area contributed by atoms with Crippen molar-refractivity contribution >= 4 is 35.0 Å². The highest BCUT2D eigenvalue weighted by atomic mass is 35.5. The fourth-order valence-electron chi connectivity index (χ4n) is 2.58. The molecule has 6 heteroatoms. The molecule has 0 spiro atoms. The van der Waals surface area contributed by atoms with Gasteiger partial charge in [-0.2, -0.15) is 0 Å². The van der Waals surface area contributed by atoms with Crippen LogP contribution in [0.25, 0.3) is 0 Å². The van der Waals surface area contributed by atoms with Gasteiger partial charge in [0.1, 0.15) is 6.04 Å². The number of nitrogens with zero attached hydrogens (tertiary/aromatic N) is 1. The third-order valence-corrected chi connectivity index (χ3v) is 4.36. The molecular weight excluding hydrogens is 299 g/mol. The molecule has 2 amide bonds. The molecule has 1 heterocycles. The number of amides is 2. The molecule has 1 N–H and O–H groups in total.